The van der Waals surface area contributed by atoms with Crippen LogP contribution >= 0.6 is 11.3 Å². The van der Waals surface area contributed by atoms with Crippen molar-refractivity contribution in [1.82, 2.24) is 14.7 Å². The molecule has 0 bridgehead atoms. The molecule has 1 unspecified atom stereocenters. The van der Waals surface area contributed by atoms with Crippen LogP contribution in [0, 0.1) is 24.1 Å². The van der Waals surface area contributed by atoms with E-state index in [9.17, 15) is 23.2 Å². The first-order valence-electron chi connectivity index (χ1n) is 10.0. The Kier molecular flexibility index (Phi) is 5.62. The number of thiophene rings is 1. The van der Waals surface area contributed by atoms with Crippen molar-refractivity contribution < 1.29 is 22.4 Å². The molecule has 4 rings (SSSR count). The summed E-state index contributed by atoms with van der Waals surface area (Å²) in [7, 11) is 0. The van der Waals surface area contributed by atoms with Crippen molar-refractivity contribution in [3.8, 4) is 17.2 Å². The second-order valence-electron chi connectivity index (χ2n) is 7.53. The lowest BCUT2D eigenvalue weighted by Gasteiger charge is -2.27. The highest BCUT2D eigenvalue weighted by molar-refractivity contribution is 7.13. The van der Waals surface area contributed by atoms with Crippen molar-refractivity contribution in [2.24, 2.45) is 0 Å². The Hall–Kier alpha value is -3.45. The van der Waals surface area contributed by atoms with E-state index in [4.69, 9.17) is 0 Å². The van der Waals surface area contributed by atoms with E-state index < -0.39 is 35.2 Å². The third kappa shape index (κ3) is 3.62. The molecule has 33 heavy (non-hydrogen) atoms. The van der Waals surface area contributed by atoms with Crippen molar-refractivity contribution in [1.29, 1.82) is 5.26 Å². The molecule has 0 aliphatic carbocycles. The van der Waals surface area contributed by atoms with Crippen molar-refractivity contribution in [3.63, 3.8) is 0 Å². The van der Waals surface area contributed by atoms with Gasteiger partial charge in [-0.2, -0.15) is 23.5 Å². The molecule has 2 aromatic heterocycles. The number of alkyl halides is 3. The molecule has 0 fully saturated rings. The Bertz CT molecular complexity index is 1320. The molecule has 1 amide bonds. The lowest BCUT2D eigenvalue weighted by molar-refractivity contribution is -0.141. The van der Waals surface area contributed by atoms with Gasteiger partial charge in [0.25, 0.3) is 0 Å². The quantitative estimate of drug-likeness (QED) is 0.366. The van der Waals surface area contributed by atoms with Gasteiger partial charge < -0.3 is 4.90 Å². The normalized spacial score (nSPS) is 15.4. The van der Waals surface area contributed by atoms with Gasteiger partial charge in [-0.15, -0.1) is 11.3 Å². The Morgan fingerprint density at radius 3 is 2.76 bits per heavy atom. The summed E-state index contributed by atoms with van der Waals surface area (Å²) in [6.45, 7) is 7.18. The molecule has 5 nitrogen and oxygen atoms in total. The minimum absolute atomic E-state index is 0.147. The van der Waals surface area contributed by atoms with Gasteiger partial charge in [-0.25, -0.2) is 4.39 Å². The fourth-order valence-electron chi connectivity index (χ4n) is 4.24. The molecule has 10 heteroatoms. The van der Waals surface area contributed by atoms with E-state index >= 15 is 4.39 Å². The summed E-state index contributed by atoms with van der Waals surface area (Å²) in [4.78, 5) is 15.3. The number of halogens is 4. The maximum Gasteiger partial charge on any atom is 0.435 e. The predicted octanol–water partition coefficient (Wildman–Crippen LogP) is 5.59. The lowest BCUT2D eigenvalue weighted by atomic mass is 9.90. The zero-order valence-corrected chi connectivity index (χ0v) is 18.5. The lowest BCUT2D eigenvalue weighted by Crippen LogP contribution is -2.29. The smallest absolute Gasteiger partial charge is 0.323 e. The molecule has 0 radical (unpaired) electrons. The van der Waals surface area contributed by atoms with Crippen LogP contribution in [0.2, 0.25) is 0 Å². The highest BCUT2D eigenvalue weighted by Crippen LogP contribution is 2.49. The van der Waals surface area contributed by atoms with E-state index in [-0.39, 0.29) is 24.2 Å². The number of carbonyl (C=O) groups is 1. The van der Waals surface area contributed by atoms with E-state index in [1.54, 1.807) is 13.8 Å². The third-order valence-electron chi connectivity index (χ3n) is 5.69. The molecule has 1 aliphatic heterocycles. The zero-order valence-electron chi connectivity index (χ0n) is 17.7. The standard InChI is InChI=1S/C23H18F4N4OS/c1-4-18(32)31-11-17-19(12(3)16(9-28)33-17)21(31)13-7-6-8-15(24)20(13)14-10-30(5-2)29-22(14)23(25,26)27/h4,6-8,10,21H,1,5,11H2,2-3H3. The Morgan fingerprint density at radius 2 is 2.15 bits per heavy atom. The summed E-state index contributed by atoms with van der Waals surface area (Å²) in [6, 6.07) is 5.22. The number of aryl methyl sites for hydroxylation is 1. The van der Waals surface area contributed by atoms with Gasteiger partial charge in [0, 0.05) is 28.7 Å². The molecule has 170 valence electrons. The summed E-state index contributed by atoms with van der Waals surface area (Å²) in [5.74, 6) is -1.31. The van der Waals surface area contributed by atoms with Gasteiger partial charge in [0.1, 0.15) is 16.8 Å². The van der Waals surface area contributed by atoms with Gasteiger partial charge in [0.2, 0.25) is 5.91 Å². The number of amides is 1. The number of benzene rings is 1. The highest BCUT2D eigenvalue weighted by atomic mass is 32.1. The maximum atomic E-state index is 15.3. The second kappa shape index (κ2) is 8.15. The molecule has 1 atom stereocenters. The molecule has 0 saturated carbocycles. The number of carbonyl (C=O) groups excluding carboxylic acids is 1. The Labute approximate surface area is 191 Å². The average Bonchev–Trinajstić information content (AvgIpc) is 3.45. The largest absolute Gasteiger partial charge is 0.435 e. The first-order chi connectivity index (χ1) is 15.6. The summed E-state index contributed by atoms with van der Waals surface area (Å²) < 4.78 is 57.8. The number of aromatic nitrogens is 2. The maximum absolute atomic E-state index is 15.3. The van der Waals surface area contributed by atoms with Crippen molar-refractivity contribution in [3.05, 3.63) is 75.0 Å². The van der Waals surface area contributed by atoms with Crippen molar-refractivity contribution >= 4 is 17.2 Å². The summed E-state index contributed by atoms with van der Waals surface area (Å²) in [5, 5.41) is 13.1. The van der Waals surface area contributed by atoms with Crippen LogP contribution in [-0.2, 0) is 24.1 Å². The fraction of sp³-hybridized carbons (Fsp3) is 0.261. The van der Waals surface area contributed by atoms with E-state index in [1.165, 1.54) is 34.6 Å². The number of hydrogen-bond donors (Lipinski definition) is 0. The SMILES string of the molecule is C=CC(=O)N1Cc2sc(C#N)c(C)c2C1c1cccc(F)c1-c1cn(CC)nc1C(F)(F)F. The summed E-state index contributed by atoms with van der Waals surface area (Å²) in [6.07, 6.45) is -2.53. The first-order valence-corrected chi connectivity index (χ1v) is 10.8. The van der Waals surface area contributed by atoms with Crippen LogP contribution in [0.5, 0.6) is 0 Å². The van der Waals surface area contributed by atoms with Crippen LogP contribution in [0.25, 0.3) is 11.1 Å². The molecule has 3 heterocycles. The van der Waals surface area contributed by atoms with Crippen LogP contribution in [0.1, 0.15) is 45.1 Å². The number of fused-ring (bicyclic) bond motifs is 1. The molecule has 3 aromatic rings. The van der Waals surface area contributed by atoms with Gasteiger partial charge >= 0.3 is 6.18 Å². The fourth-order valence-corrected chi connectivity index (χ4v) is 5.38. The molecular formula is C23H18F4N4OS. The predicted molar refractivity (Wildman–Crippen MR) is 115 cm³/mol. The molecule has 0 saturated heterocycles. The van der Waals surface area contributed by atoms with E-state index in [0.717, 1.165) is 21.7 Å². The van der Waals surface area contributed by atoms with Crippen molar-refractivity contribution in [2.45, 2.75) is 39.2 Å². The third-order valence-corrected chi connectivity index (χ3v) is 6.89. The topological polar surface area (TPSA) is 61.9 Å². The van der Waals surface area contributed by atoms with Crippen LogP contribution in [0.4, 0.5) is 17.6 Å². The summed E-state index contributed by atoms with van der Waals surface area (Å²) in [5.41, 5.74) is -0.420. The van der Waals surface area contributed by atoms with Gasteiger partial charge in [0.15, 0.2) is 5.69 Å². The molecule has 0 spiro atoms. The van der Waals surface area contributed by atoms with Crippen molar-refractivity contribution in [2.75, 3.05) is 0 Å². The number of hydrogen-bond acceptors (Lipinski definition) is 4. The van der Waals surface area contributed by atoms with Gasteiger partial charge in [0.05, 0.1) is 12.6 Å². The monoisotopic (exact) mass is 474 g/mol. The second-order valence-corrected chi connectivity index (χ2v) is 8.63. The zero-order chi connectivity index (χ0) is 24.1. The van der Waals surface area contributed by atoms with Crippen LogP contribution < -0.4 is 0 Å². The molecule has 1 aromatic carbocycles. The first kappa shape index (κ1) is 22.7. The van der Waals surface area contributed by atoms with E-state index in [2.05, 4.69) is 17.7 Å². The Morgan fingerprint density at radius 1 is 1.42 bits per heavy atom. The Balaban J connectivity index is 2.03. The van der Waals surface area contributed by atoms with Crippen LogP contribution in [0.15, 0.2) is 37.1 Å². The molecule has 0 N–H and O–H groups in total. The van der Waals surface area contributed by atoms with Gasteiger partial charge in [-0.1, -0.05) is 18.7 Å². The van der Waals surface area contributed by atoms with Gasteiger partial charge in [-0.05, 0) is 42.7 Å². The van der Waals surface area contributed by atoms with E-state index in [1.807, 2.05) is 0 Å². The summed E-state index contributed by atoms with van der Waals surface area (Å²) >= 11 is 1.22. The number of rotatable bonds is 4. The molecular weight excluding hydrogens is 456 g/mol. The van der Waals surface area contributed by atoms with Crippen LogP contribution in [-0.4, -0.2) is 20.6 Å². The highest BCUT2D eigenvalue weighted by Gasteiger charge is 2.42. The minimum Gasteiger partial charge on any atom is -0.323 e. The minimum atomic E-state index is -4.81. The average molecular weight is 474 g/mol. The molecule has 1 aliphatic rings. The number of nitrogens with zero attached hydrogens (tertiary/aromatic N) is 4. The van der Waals surface area contributed by atoms with E-state index in [0.29, 0.717) is 16.0 Å². The van der Waals surface area contributed by atoms with Gasteiger partial charge in [-0.3, -0.25) is 9.48 Å². The number of nitriles is 1. The van der Waals surface area contributed by atoms with Crippen LogP contribution in [0.3, 0.4) is 0 Å².